The van der Waals surface area contributed by atoms with Crippen molar-refractivity contribution in [2.75, 3.05) is 0 Å². The highest BCUT2D eigenvalue weighted by molar-refractivity contribution is 5.98. The van der Waals surface area contributed by atoms with Gasteiger partial charge in [-0.3, -0.25) is 4.79 Å². The molecule has 0 atom stereocenters. The normalized spacial score (nSPS) is 11.6. The van der Waals surface area contributed by atoms with Crippen LogP contribution in [0.4, 0.5) is 0 Å². The zero-order valence-electron chi connectivity index (χ0n) is 15.1. The molecule has 26 heavy (non-hydrogen) atoms. The van der Waals surface area contributed by atoms with Crippen LogP contribution in [0.2, 0.25) is 0 Å². The number of rotatable bonds is 5. The summed E-state index contributed by atoms with van der Waals surface area (Å²) in [6, 6.07) is 28.5. The summed E-state index contributed by atoms with van der Waals surface area (Å²) in [6.07, 6.45) is 0.895. The van der Waals surface area contributed by atoms with Crippen LogP contribution in [0.15, 0.2) is 84.9 Å². The largest absolute Gasteiger partial charge is 0.427 e. The molecule has 0 aliphatic heterocycles. The number of esters is 1. The number of allylic oxidation sites excluding steroid dienone is 1. The molecule has 0 amide bonds. The molecule has 0 N–H and O–H groups in total. The van der Waals surface area contributed by atoms with Gasteiger partial charge in [-0.15, -0.1) is 0 Å². The minimum atomic E-state index is -0.314. The van der Waals surface area contributed by atoms with Crippen molar-refractivity contribution >= 4 is 17.1 Å². The number of hydrogen-bond acceptors (Lipinski definition) is 2. The van der Waals surface area contributed by atoms with Crippen LogP contribution in [-0.4, -0.2) is 5.97 Å². The number of carbonyl (C=O) groups excluding carboxylic acids is 1. The first-order valence-electron chi connectivity index (χ1n) is 8.82. The third-order valence-electron chi connectivity index (χ3n) is 4.22. The SMILES string of the molecule is CC/C(=C(/c1ccccc1)c1cccc(OC(C)=O)c1)c1ccccc1. The maximum Gasteiger partial charge on any atom is 0.308 e. The van der Waals surface area contributed by atoms with E-state index in [0.717, 1.165) is 23.1 Å². The molecule has 0 fully saturated rings. The number of hydrogen-bond donors (Lipinski definition) is 0. The lowest BCUT2D eigenvalue weighted by Gasteiger charge is -2.17. The Morgan fingerprint density at radius 1 is 0.769 bits per heavy atom. The van der Waals surface area contributed by atoms with Crippen molar-refractivity contribution < 1.29 is 9.53 Å². The van der Waals surface area contributed by atoms with Gasteiger partial charge in [0.2, 0.25) is 0 Å². The molecule has 2 nitrogen and oxygen atoms in total. The van der Waals surface area contributed by atoms with E-state index in [2.05, 4.69) is 49.4 Å². The number of benzene rings is 3. The molecule has 0 aliphatic carbocycles. The quantitative estimate of drug-likeness (QED) is 0.324. The standard InChI is InChI=1S/C24H22O2/c1-3-23(19-11-6-4-7-12-19)24(20-13-8-5-9-14-20)21-15-10-16-22(17-21)26-18(2)25/h4-17H,3H2,1-2H3/b24-23+. The molecule has 0 spiro atoms. The molecule has 3 aromatic carbocycles. The Morgan fingerprint density at radius 2 is 1.35 bits per heavy atom. The van der Waals surface area contributed by atoms with Gasteiger partial charge in [0.1, 0.15) is 5.75 Å². The molecule has 0 aliphatic rings. The van der Waals surface area contributed by atoms with Gasteiger partial charge in [0, 0.05) is 6.92 Å². The number of carbonyl (C=O) groups is 1. The van der Waals surface area contributed by atoms with Crippen molar-refractivity contribution in [2.24, 2.45) is 0 Å². The van der Waals surface area contributed by atoms with Gasteiger partial charge < -0.3 is 4.74 Å². The molecule has 3 rings (SSSR count). The third-order valence-corrected chi connectivity index (χ3v) is 4.22. The van der Waals surface area contributed by atoms with Crippen molar-refractivity contribution in [3.63, 3.8) is 0 Å². The Hall–Kier alpha value is -3.13. The first-order chi connectivity index (χ1) is 12.7. The van der Waals surface area contributed by atoms with Crippen LogP contribution in [-0.2, 0) is 4.79 Å². The lowest BCUT2D eigenvalue weighted by atomic mass is 9.88. The number of ether oxygens (including phenoxy) is 1. The van der Waals surface area contributed by atoms with E-state index in [1.807, 2.05) is 42.5 Å². The molecule has 0 aromatic heterocycles. The first-order valence-corrected chi connectivity index (χ1v) is 8.82. The Morgan fingerprint density at radius 3 is 1.92 bits per heavy atom. The van der Waals surface area contributed by atoms with Crippen LogP contribution in [0.3, 0.4) is 0 Å². The Labute approximate surface area is 154 Å². The van der Waals surface area contributed by atoms with E-state index in [0.29, 0.717) is 5.75 Å². The Bertz CT molecular complexity index is 909. The fourth-order valence-electron chi connectivity index (χ4n) is 3.17. The lowest BCUT2D eigenvalue weighted by molar-refractivity contribution is -0.131. The van der Waals surface area contributed by atoms with Crippen molar-refractivity contribution in [3.05, 3.63) is 102 Å². The van der Waals surface area contributed by atoms with E-state index in [-0.39, 0.29) is 5.97 Å². The van der Waals surface area contributed by atoms with Gasteiger partial charge in [-0.1, -0.05) is 79.7 Å². The van der Waals surface area contributed by atoms with E-state index >= 15 is 0 Å². The molecule has 3 aromatic rings. The summed E-state index contributed by atoms with van der Waals surface area (Å²) in [6.45, 7) is 3.59. The molecule has 0 saturated carbocycles. The summed E-state index contributed by atoms with van der Waals surface area (Å²) in [7, 11) is 0. The van der Waals surface area contributed by atoms with Crippen LogP contribution < -0.4 is 4.74 Å². The summed E-state index contributed by atoms with van der Waals surface area (Å²) >= 11 is 0. The average Bonchev–Trinajstić information content (AvgIpc) is 2.67. The molecule has 2 heteroatoms. The Kier molecular flexibility index (Phi) is 5.65. The Balaban J connectivity index is 2.23. The molecule has 130 valence electrons. The molecule has 0 bridgehead atoms. The summed E-state index contributed by atoms with van der Waals surface area (Å²) in [4.78, 5) is 11.3. The van der Waals surface area contributed by atoms with Gasteiger partial charge in [-0.2, -0.15) is 0 Å². The predicted molar refractivity (Wildman–Crippen MR) is 107 cm³/mol. The van der Waals surface area contributed by atoms with E-state index in [9.17, 15) is 4.79 Å². The third kappa shape index (κ3) is 4.09. The zero-order valence-corrected chi connectivity index (χ0v) is 15.1. The van der Waals surface area contributed by atoms with Crippen molar-refractivity contribution in [1.29, 1.82) is 0 Å². The maximum atomic E-state index is 11.3. The van der Waals surface area contributed by atoms with Gasteiger partial charge >= 0.3 is 5.97 Å². The van der Waals surface area contributed by atoms with E-state index in [4.69, 9.17) is 4.74 Å². The molecule has 0 heterocycles. The van der Waals surface area contributed by atoms with Gasteiger partial charge in [-0.05, 0) is 46.4 Å². The summed E-state index contributed by atoms with van der Waals surface area (Å²) in [5, 5.41) is 0. The van der Waals surface area contributed by atoms with Crippen LogP contribution in [0.25, 0.3) is 11.1 Å². The molecule has 0 unspecified atom stereocenters. The molecular formula is C24H22O2. The van der Waals surface area contributed by atoms with E-state index < -0.39 is 0 Å². The zero-order chi connectivity index (χ0) is 18.4. The highest BCUT2D eigenvalue weighted by atomic mass is 16.5. The topological polar surface area (TPSA) is 26.3 Å². The monoisotopic (exact) mass is 342 g/mol. The fraction of sp³-hybridized carbons (Fsp3) is 0.125. The second-order valence-corrected chi connectivity index (χ2v) is 6.06. The molecular weight excluding hydrogens is 320 g/mol. The average molecular weight is 342 g/mol. The van der Waals surface area contributed by atoms with Crippen LogP contribution in [0.5, 0.6) is 5.75 Å². The second kappa shape index (κ2) is 8.30. The van der Waals surface area contributed by atoms with Gasteiger partial charge in [0.25, 0.3) is 0 Å². The summed E-state index contributed by atoms with van der Waals surface area (Å²) in [5.74, 6) is 0.248. The minimum Gasteiger partial charge on any atom is -0.427 e. The summed E-state index contributed by atoms with van der Waals surface area (Å²) in [5.41, 5.74) is 5.81. The smallest absolute Gasteiger partial charge is 0.308 e. The fourth-order valence-corrected chi connectivity index (χ4v) is 3.17. The van der Waals surface area contributed by atoms with Crippen molar-refractivity contribution in [2.45, 2.75) is 20.3 Å². The van der Waals surface area contributed by atoms with Gasteiger partial charge in [-0.25, -0.2) is 0 Å². The van der Waals surface area contributed by atoms with Crippen LogP contribution in [0, 0.1) is 0 Å². The van der Waals surface area contributed by atoms with E-state index in [1.165, 1.54) is 18.1 Å². The predicted octanol–water partition coefficient (Wildman–Crippen LogP) is 5.98. The van der Waals surface area contributed by atoms with Gasteiger partial charge in [0.05, 0.1) is 0 Å². The molecule has 0 radical (unpaired) electrons. The van der Waals surface area contributed by atoms with Crippen molar-refractivity contribution in [1.82, 2.24) is 0 Å². The molecule has 0 saturated heterocycles. The lowest BCUT2D eigenvalue weighted by Crippen LogP contribution is -2.02. The maximum absolute atomic E-state index is 11.3. The second-order valence-electron chi connectivity index (χ2n) is 6.06. The summed E-state index contributed by atoms with van der Waals surface area (Å²) < 4.78 is 5.30. The van der Waals surface area contributed by atoms with Crippen LogP contribution in [0.1, 0.15) is 37.0 Å². The van der Waals surface area contributed by atoms with Gasteiger partial charge in [0.15, 0.2) is 0 Å². The van der Waals surface area contributed by atoms with Crippen LogP contribution >= 0.6 is 0 Å². The first kappa shape index (κ1) is 17.7. The van der Waals surface area contributed by atoms with E-state index in [1.54, 1.807) is 0 Å². The highest BCUT2D eigenvalue weighted by Gasteiger charge is 2.13. The minimum absolute atomic E-state index is 0.314. The van der Waals surface area contributed by atoms with Crippen molar-refractivity contribution in [3.8, 4) is 5.75 Å². The highest BCUT2D eigenvalue weighted by Crippen LogP contribution is 2.35.